The van der Waals surface area contributed by atoms with E-state index in [1.165, 1.54) is 0 Å². The SMILES string of the molecule is CC(CNC1CC1)S(=O)(=O)Nc1cc(Br)ccc1Br. The van der Waals surface area contributed by atoms with E-state index in [0.717, 1.165) is 21.8 Å². The van der Waals surface area contributed by atoms with Crippen LogP contribution in [0.2, 0.25) is 0 Å². The summed E-state index contributed by atoms with van der Waals surface area (Å²) < 4.78 is 28.6. The minimum atomic E-state index is -3.38. The van der Waals surface area contributed by atoms with Crippen LogP contribution in [0.25, 0.3) is 0 Å². The molecular weight excluding hydrogens is 396 g/mol. The fourth-order valence-electron chi connectivity index (χ4n) is 1.56. The van der Waals surface area contributed by atoms with Crippen molar-refractivity contribution >= 4 is 47.6 Å². The highest BCUT2D eigenvalue weighted by Crippen LogP contribution is 2.27. The van der Waals surface area contributed by atoms with Gasteiger partial charge in [-0.2, -0.15) is 0 Å². The number of hydrogen-bond acceptors (Lipinski definition) is 3. The van der Waals surface area contributed by atoms with Gasteiger partial charge in [0.25, 0.3) is 0 Å². The molecule has 1 aromatic carbocycles. The zero-order valence-corrected chi connectivity index (χ0v) is 14.5. The molecule has 7 heteroatoms. The van der Waals surface area contributed by atoms with Crippen molar-refractivity contribution in [2.24, 2.45) is 0 Å². The van der Waals surface area contributed by atoms with Crippen molar-refractivity contribution in [3.8, 4) is 0 Å². The molecule has 0 aliphatic heterocycles. The highest BCUT2D eigenvalue weighted by molar-refractivity contribution is 9.11. The number of halogens is 2. The van der Waals surface area contributed by atoms with Gasteiger partial charge in [-0.25, -0.2) is 8.42 Å². The summed E-state index contributed by atoms with van der Waals surface area (Å²) in [5.74, 6) is 0. The fraction of sp³-hybridized carbons (Fsp3) is 0.500. The summed E-state index contributed by atoms with van der Waals surface area (Å²) in [6.07, 6.45) is 2.30. The first-order valence-corrected chi connectivity index (χ1v) is 9.22. The highest BCUT2D eigenvalue weighted by atomic mass is 79.9. The maximum Gasteiger partial charge on any atom is 0.236 e. The summed E-state index contributed by atoms with van der Waals surface area (Å²) in [4.78, 5) is 0. The van der Waals surface area contributed by atoms with Crippen LogP contribution in [0.4, 0.5) is 5.69 Å². The van der Waals surface area contributed by atoms with Crippen LogP contribution >= 0.6 is 31.9 Å². The van der Waals surface area contributed by atoms with Gasteiger partial charge in [0.15, 0.2) is 0 Å². The molecule has 0 radical (unpaired) electrons. The van der Waals surface area contributed by atoms with E-state index in [1.807, 2.05) is 6.07 Å². The first-order chi connectivity index (χ1) is 8.88. The largest absolute Gasteiger partial charge is 0.313 e. The lowest BCUT2D eigenvalue weighted by molar-refractivity contribution is 0.576. The van der Waals surface area contributed by atoms with Gasteiger partial charge in [0.2, 0.25) is 10.0 Å². The van der Waals surface area contributed by atoms with Crippen molar-refractivity contribution in [1.29, 1.82) is 0 Å². The van der Waals surface area contributed by atoms with Gasteiger partial charge < -0.3 is 5.32 Å². The van der Waals surface area contributed by atoms with Crippen molar-refractivity contribution in [2.75, 3.05) is 11.3 Å². The van der Waals surface area contributed by atoms with Crippen LogP contribution in [-0.4, -0.2) is 26.3 Å². The molecule has 1 fully saturated rings. The number of sulfonamides is 1. The number of rotatable bonds is 6. The van der Waals surface area contributed by atoms with E-state index in [0.29, 0.717) is 18.3 Å². The summed E-state index contributed by atoms with van der Waals surface area (Å²) in [5.41, 5.74) is 0.549. The van der Waals surface area contributed by atoms with Gasteiger partial charge in [-0.3, -0.25) is 4.72 Å². The third-order valence-corrected chi connectivity index (χ3v) is 5.90. The monoisotopic (exact) mass is 410 g/mol. The molecule has 0 heterocycles. The maximum absolute atomic E-state index is 12.2. The van der Waals surface area contributed by atoms with E-state index in [9.17, 15) is 8.42 Å². The number of nitrogens with one attached hydrogen (secondary N) is 2. The quantitative estimate of drug-likeness (QED) is 0.756. The minimum absolute atomic E-state index is 0.473. The lowest BCUT2D eigenvalue weighted by Gasteiger charge is -2.16. The van der Waals surface area contributed by atoms with Gasteiger partial charge in [0, 0.05) is 21.5 Å². The maximum atomic E-state index is 12.2. The molecule has 1 atom stereocenters. The topological polar surface area (TPSA) is 58.2 Å². The second kappa shape index (κ2) is 6.11. The van der Waals surface area contributed by atoms with E-state index in [4.69, 9.17) is 0 Å². The van der Waals surface area contributed by atoms with Crippen LogP contribution in [-0.2, 0) is 10.0 Å². The Bertz CT molecular complexity index is 559. The van der Waals surface area contributed by atoms with E-state index >= 15 is 0 Å². The molecule has 0 spiro atoms. The van der Waals surface area contributed by atoms with Gasteiger partial charge in [0.05, 0.1) is 10.9 Å². The molecule has 2 N–H and O–H groups in total. The molecule has 4 nitrogen and oxygen atoms in total. The van der Waals surface area contributed by atoms with Crippen molar-refractivity contribution < 1.29 is 8.42 Å². The Morgan fingerprint density at radius 2 is 2.05 bits per heavy atom. The number of benzene rings is 1. The van der Waals surface area contributed by atoms with Gasteiger partial charge in [0.1, 0.15) is 0 Å². The van der Waals surface area contributed by atoms with E-state index < -0.39 is 15.3 Å². The summed E-state index contributed by atoms with van der Waals surface area (Å²) in [7, 11) is -3.38. The van der Waals surface area contributed by atoms with Crippen LogP contribution in [0.1, 0.15) is 19.8 Å². The van der Waals surface area contributed by atoms with Gasteiger partial charge in [-0.15, -0.1) is 0 Å². The molecule has 1 saturated carbocycles. The van der Waals surface area contributed by atoms with Crippen molar-refractivity contribution in [2.45, 2.75) is 31.1 Å². The Morgan fingerprint density at radius 1 is 1.37 bits per heavy atom. The third kappa shape index (κ3) is 4.44. The predicted octanol–water partition coefficient (Wildman–Crippen LogP) is 3.09. The molecular formula is C12H16Br2N2O2S. The molecule has 0 amide bonds. The molecule has 2 rings (SSSR count). The molecule has 1 aliphatic rings. The average Bonchev–Trinajstić information content (AvgIpc) is 3.14. The fourth-order valence-corrected chi connectivity index (χ4v) is 3.39. The zero-order chi connectivity index (χ0) is 14.0. The predicted molar refractivity (Wildman–Crippen MR) is 84.9 cm³/mol. The summed E-state index contributed by atoms with van der Waals surface area (Å²) in [6, 6.07) is 5.90. The lowest BCUT2D eigenvalue weighted by Crippen LogP contribution is -2.35. The Balaban J connectivity index is 2.04. The van der Waals surface area contributed by atoms with Crippen LogP contribution < -0.4 is 10.0 Å². The summed E-state index contributed by atoms with van der Waals surface area (Å²) in [5, 5.41) is 2.76. The van der Waals surface area contributed by atoms with Crippen LogP contribution in [0, 0.1) is 0 Å². The van der Waals surface area contributed by atoms with Crippen molar-refractivity contribution in [3.63, 3.8) is 0 Å². The number of anilines is 1. The molecule has 19 heavy (non-hydrogen) atoms. The average molecular weight is 412 g/mol. The molecule has 0 bridgehead atoms. The normalized spacial score (nSPS) is 17.2. The lowest BCUT2D eigenvalue weighted by atomic mass is 10.3. The summed E-state index contributed by atoms with van der Waals surface area (Å²) >= 11 is 6.67. The highest BCUT2D eigenvalue weighted by Gasteiger charge is 2.26. The third-order valence-electron chi connectivity index (χ3n) is 2.98. The van der Waals surface area contributed by atoms with Crippen molar-refractivity contribution in [3.05, 3.63) is 27.1 Å². The Hall–Kier alpha value is -0.110. The standard InChI is InChI=1S/C12H16Br2N2O2S/c1-8(7-15-10-3-4-10)19(17,18)16-12-6-9(13)2-5-11(12)14/h2,5-6,8,10,15-16H,3-4,7H2,1H3. The van der Waals surface area contributed by atoms with Crippen LogP contribution in [0.3, 0.4) is 0 Å². The Labute approximate surface area is 130 Å². The molecule has 1 aliphatic carbocycles. The Kier molecular flexibility index (Phi) is 4.92. The smallest absolute Gasteiger partial charge is 0.236 e. The van der Waals surface area contributed by atoms with Crippen LogP contribution in [0.5, 0.6) is 0 Å². The Morgan fingerprint density at radius 3 is 2.68 bits per heavy atom. The van der Waals surface area contributed by atoms with E-state index in [-0.39, 0.29) is 0 Å². The van der Waals surface area contributed by atoms with Crippen molar-refractivity contribution in [1.82, 2.24) is 5.32 Å². The molecule has 1 aromatic rings. The first-order valence-electron chi connectivity index (χ1n) is 6.08. The minimum Gasteiger partial charge on any atom is -0.313 e. The summed E-state index contributed by atoms with van der Waals surface area (Å²) in [6.45, 7) is 2.19. The van der Waals surface area contributed by atoms with Gasteiger partial charge >= 0.3 is 0 Å². The van der Waals surface area contributed by atoms with E-state index in [1.54, 1.807) is 19.1 Å². The molecule has 106 valence electrons. The number of hydrogen-bond donors (Lipinski definition) is 2. The molecule has 1 unspecified atom stereocenters. The van der Waals surface area contributed by atoms with E-state index in [2.05, 4.69) is 41.9 Å². The van der Waals surface area contributed by atoms with Crippen LogP contribution in [0.15, 0.2) is 27.1 Å². The second-order valence-corrected chi connectivity index (χ2v) is 8.63. The second-order valence-electron chi connectivity index (χ2n) is 4.76. The molecule has 0 aromatic heterocycles. The molecule has 0 saturated heterocycles. The van der Waals surface area contributed by atoms with Gasteiger partial charge in [-0.05, 0) is 53.9 Å². The van der Waals surface area contributed by atoms with Gasteiger partial charge in [-0.1, -0.05) is 15.9 Å². The first kappa shape index (κ1) is 15.3. The zero-order valence-electron chi connectivity index (χ0n) is 10.5.